The van der Waals surface area contributed by atoms with Crippen LogP contribution in [0.25, 0.3) is 0 Å². The largest absolute Gasteiger partial charge is 0.399 e. The number of anilines is 1. The first-order valence-corrected chi connectivity index (χ1v) is 6.57. The average Bonchev–Trinajstić information content (AvgIpc) is 2.77. The lowest BCUT2D eigenvalue weighted by Gasteiger charge is -2.07. The summed E-state index contributed by atoms with van der Waals surface area (Å²) in [5.41, 5.74) is 7.60. The maximum atomic E-state index is 12.4. The van der Waals surface area contributed by atoms with Crippen LogP contribution in [-0.4, -0.2) is 29.3 Å². The van der Waals surface area contributed by atoms with Crippen molar-refractivity contribution in [3.05, 3.63) is 46.7 Å². The number of ketones is 1. The second-order valence-electron chi connectivity index (χ2n) is 4.40. The highest BCUT2D eigenvalue weighted by atomic mass is 35.5. The molecule has 2 aromatic rings. The second kappa shape index (κ2) is 6.54. The van der Waals surface area contributed by atoms with E-state index >= 15 is 0 Å². The normalized spacial score (nSPS) is 10.7. The van der Waals surface area contributed by atoms with E-state index in [0.717, 1.165) is 5.56 Å². The quantitative estimate of drug-likeness (QED) is 0.655. The van der Waals surface area contributed by atoms with E-state index in [2.05, 4.69) is 5.10 Å². The van der Waals surface area contributed by atoms with Crippen LogP contribution in [0.3, 0.4) is 0 Å². The first-order chi connectivity index (χ1) is 9.61. The van der Waals surface area contributed by atoms with Crippen LogP contribution in [0, 0.1) is 0 Å². The predicted molar refractivity (Wildman–Crippen MR) is 78.0 cm³/mol. The summed E-state index contributed by atoms with van der Waals surface area (Å²) in [4.78, 5) is 12.4. The summed E-state index contributed by atoms with van der Waals surface area (Å²) in [6.07, 6.45) is 1.72. The fourth-order valence-electron chi connectivity index (χ4n) is 1.96. The number of ether oxygens (including phenoxy) is 1. The van der Waals surface area contributed by atoms with Crippen molar-refractivity contribution in [1.29, 1.82) is 0 Å². The Labute approximate surface area is 122 Å². The Balaban J connectivity index is 2.18. The van der Waals surface area contributed by atoms with Crippen LogP contribution < -0.4 is 5.73 Å². The number of Topliss-reactive ketones (excluding diaryl/α,β-unsaturated/α-hetero) is 1. The van der Waals surface area contributed by atoms with E-state index in [-0.39, 0.29) is 12.2 Å². The van der Waals surface area contributed by atoms with Gasteiger partial charge in [0, 0.05) is 19.2 Å². The van der Waals surface area contributed by atoms with Crippen molar-refractivity contribution in [3.63, 3.8) is 0 Å². The lowest BCUT2D eigenvalue weighted by molar-refractivity contribution is 0.0979. The number of carbonyl (C=O) groups excluding carboxylic acids is 1. The number of carbonyl (C=O) groups is 1. The molecule has 0 saturated carbocycles. The van der Waals surface area contributed by atoms with Crippen LogP contribution >= 0.6 is 11.6 Å². The number of hydrogen-bond donors (Lipinski definition) is 1. The molecule has 0 spiro atoms. The van der Waals surface area contributed by atoms with E-state index in [1.165, 1.54) is 6.20 Å². The molecule has 20 heavy (non-hydrogen) atoms. The standard InChI is InChI=1S/C14H16ClN3O2/c1-20-6-5-18-14(12(15)9-17-18)13(19)8-10-3-2-4-11(16)7-10/h2-4,7,9H,5-6,8,16H2,1H3. The number of nitrogens with two attached hydrogens (primary N) is 1. The van der Waals surface area contributed by atoms with Gasteiger partial charge in [0.05, 0.1) is 24.4 Å². The minimum absolute atomic E-state index is 0.0887. The highest BCUT2D eigenvalue weighted by molar-refractivity contribution is 6.33. The minimum atomic E-state index is -0.0887. The van der Waals surface area contributed by atoms with Crippen molar-refractivity contribution in [2.45, 2.75) is 13.0 Å². The van der Waals surface area contributed by atoms with Crippen molar-refractivity contribution in [2.24, 2.45) is 0 Å². The zero-order chi connectivity index (χ0) is 14.5. The molecular formula is C14H16ClN3O2. The molecule has 0 amide bonds. The SMILES string of the molecule is COCCn1ncc(Cl)c1C(=O)Cc1cccc(N)c1. The molecule has 5 nitrogen and oxygen atoms in total. The van der Waals surface area contributed by atoms with Crippen molar-refractivity contribution in [1.82, 2.24) is 9.78 Å². The lowest BCUT2D eigenvalue weighted by atomic mass is 10.1. The number of methoxy groups -OCH3 is 1. The number of nitrogens with zero attached hydrogens (tertiary/aromatic N) is 2. The second-order valence-corrected chi connectivity index (χ2v) is 4.81. The van der Waals surface area contributed by atoms with Gasteiger partial charge in [0.25, 0.3) is 0 Å². The smallest absolute Gasteiger partial charge is 0.186 e. The Morgan fingerprint density at radius 2 is 2.30 bits per heavy atom. The number of nitrogen functional groups attached to an aromatic ring is 1. The summed E-state index contributed by atoms with van der Waals surface area (Å²) in [6, 6.07) is 7.24. The van der Waals surface area contributed by atoms with Gasteiger partial charge in [0.2, 0.25) is 0 Å². The van der Waals surface area contributed by atoms with Crippen LogP contribution in [0.15, 0.2) is 30.5 Å². The Kier molecular flexibility index (Phi) is 4.76. The van der Waals surface area contributed by atoms with E-state index in [4.69, 9.17) is 22.1 Å². The van der Waals surface area contributed by atoms with Crippen LogP contribution in [0.1, 0.15) is 16.1 Å². The molecule has 2 rings (SSSR count). The first kappa shape index (κ1) is 14.6. The summed E-state index contributed by atoms with van der Waals surface area (Å²) >= 11 is 6.05. The van der Waals surface area contributed by atoms with E-state index in [9.17, 15) is 4.79 Å². The Morgan fingerprint density at radius 3 is 3.00 bits per heavy atom. The molecule has 0 atom stereocenters. The number of rotatable bonds is 6. The summed E-state index contributed by atoms with van der Waals surface area (Å²) in [6.45, 7) is 0.956. The molecule has 1 aromatic heterocycles. The van der Waals surface area contributed by atoms with E-state index in [1.807, 2.05) is 12.1 Å². The molecule has 0 aliphatic carbocycles. The highest BCUT2D eigenvalue weighted by Gasteiger charge is 2.17. The highest BCUT2D eigenvalue weighted by Crippen LogP contribution is 2.18. The molecule has 0 aliphatic rings. The topological polar surface area (TPSA) is 70.1 Å². The van der Waals surface area contributed by atoms with Gasteiger partial charge in [-0.1, -0.05) is 23.7 Å². The maximum Gasteiger partial charge on any atom is 0.186 e. The predicted octanol–water partition coefficient (Wildman–Crippen LogP) is 2.19. The summed E-state index contributed by atoms with van der Waals surface area (Å²) < 4.78 is 6.56. The van der Waals surface area contributed by atoms with E-state index in [0.29, 0.717) is 29.6 Å². The molecule has 0 fully saturated rings. The number of benzene rings is 1. The number of hydrogen-bond acceptors (Lipinski definition) is 4. The third kappa shape index (κ3) is 3.37. The lowest BCUT2D eigenvalue weighted by Crippen LogP contribution is -2.15. The van der Waals surface area contributed by atoms with Crippen LogP contribution in [-0.2, 0) is 17.7 Å². The molecule has 106 valence electrons. The summed E-state index contributed by atoms with van der Waals surface area (Å²) in [7, 11) is 1.60. The monoisotopic (exact) mass is 293 g/mol. The Bertz CT molecular complexity index is 610. The van der Waals surface area contributed by atoms with Crippen LogP contribution in [0.5, 0.6) is 0 Å². The van der Waals surface area contributed by atoms with E-state index < -0.39 is 0 Å². The van der Waals surface area contributed by atoms with Gasteiger partial charge in [-0.05, 0) is 17.7 Å². The molecule has 1 aromatic carbocycles. The average molecular weight is 294 g/mol. The van der Waals surface area contributed by atoms with Gasteiger partial charge >= 0.3 is 0 Å². The summed E-state index contributed by atoms with van der Waals surface area (Å²) in [5.74, 6) is -0.0887. The molecule has 0 saturated heterocycles. The zero-order valence-electron chi connectivity index (χ0n) is 11.2. The molecule has 0 unspecified atom stereocenters. The molecule has 0 aliphatic heterocycles. The van der Waals surface area contributed by atoms with Crippen LogP contribution in [0.4, 0.5) is 5.69 Å². The molecule has 0 radical (unpaired) electrons. The van der Waals surface area contributed by atoms with Crippen LogP contribution in [0.2, 0.25) is 5.02 Å². The Morgan fingerprint density at radius 1 is 1.50 bits per heavy atom. The molecule has 2 N–H and O–H groups in total. The van der Waals surface area contributed by atoms with Gasteiger partial charge in [-0.15, -0.1) is 0 Å². The van der Waals surface area contributed by atoms with Gasteiger partial charge in [0.1, 0.15) is 5.69 Å². The number of aromatic nitrogens is 2. The summed E-state index contributed by atoms with van der Waals surface area (Å²) in [5, 5.41) is 4.45. The van der Waals surface area contributed by atoms with Gasteiger partial charge < -0.3 is 10.5 Å². The first-order valence-electron chi connectivity index (χ1n) is 6.19. The zero-order valence-corrected chi connectivity index (χ0v) is 11.9. The van der Waals surface area contributed by atoms with Crippen molar-refractivity contribution in [2.75, 3.05) is 19.5 Å². The van der Waals surface area contributed by atoms with Crippen molar-refractivity contribution >= 4 is 23.1 Å². The Hall–Kier alpha value is -1.85. The third-order valence-electron chi connectivity index (χ3n) is 2.88. The third-order valence-corrected chi connectivity index (χ3v) is 3.16. The fraction of sp³-hybridized carbons (Fsp3) is 0.286. The van der Waals surface area contributed by atoms with Gasteiger partial charge in [-0.25, -0.2) is 0 Å². The van der Waals surface area contributed by atoms with E-state index in [1.54, 1.807) is 23.9 Å². The minimum Gasteiger partial charge on any atom is -0.399 e. The molecule has 6 heteroatoms. The fourth-order valence-corrected chi connectivity index (χ4v) is 2.21. The maximum absolute atomic E-state index is 12.4. The van der Waals surface area contributed by atoms with Gasteiger partial charge in [-0.2, -0.15) is 5.10 Å². The van der Waals surface area contributed by atoms with Gasteiger partial charge in [0.15, 0.2) is 5.78 Å². The number of halogens is 1. The van der Waals surface area contributed by atoms with Gasteiger partial charge in [-0.3, -0.25) is 9.48 Å². The molecular weight excluding hydrogens is 278 g/mol. The molecule has 1 heterocycles. The van der Waals surface area contributed by atoms with Crippen molar-refractivity contribution in [3.8, 4) is 0 Å². The molecule has 0 bridgehead atoms. The van der Waals surface area contributed by atoms with Crippen molar-refractivity contribution < 1.29 is 9.53 Å².